The molecule has 1 saturated carbocycles. The van der Waals surface area contributed by atoms with Gasteiger partial charge < -0.3 is 19.3 Å². The first-order valence-electron chi connectivity index (χ1n) is 5.55. The van der Waals surface area contributed by atoms with Gasteiger partial charge in [-0.1, -0.05) is 6.92 Å². The molecule has 2 rings (SSSR count). The number of aliphatic hydroxyl groups is 1. The van der Waals surface area contributed by atoms with Crippen LogP contribution in [0.4, 0.5) is 0 Å². The SMILES string of the molecule is CC[C@H]1OC2(CCCC2)OC1=C(O)OC. The predicted molar refractivity (Wildman–Crippen MR) is 54.1 cm³/mol. The van der Waals surface area contributed by atoms with Crippen molar-refractivity contribution in [2.24, 2.45) is 0 Å². The van der Waals surface area contributed by atoms with Crippen molar-refractivity contribution < 1.29 is 19.3 Å². The van der Waals surface area contributed by atoms with Gasteiger partial charge in [-0.05, 0) is 19.3 Å². The van der Waals surface area contributed by atoms with Crippen LogP contribution >= 0.6 is 0 Å². The van der Waals surface area contributed by atoms with E-state index in [0.717, 1.165) is 32.1 Å². The highest BCUT2D eigenvalue weighted by Crippen LogP contribution is 2.44. The van der Waals surface area contributed by atoms with E-state index in [-0.39, 0.29) is 12.0 Å². The molecule has 0 unspecified atom stereocenters. The topological polar surface area (TPSA) is 47.9 Å². The molecule has 15 heavy (non-hydrogen) atoms. The van der Waals surface area contributed by atoms with Gasteiger partial charge in [0, 0.05) is 12.8 Å². The van der Waals surface area contributed by atoms with Gasteiger partial charge in [0.2, 0.25) is 11.5 Å². The molecular weight excluding hydrogens is 196 g/mol. The van der Waals surface area contributed by atoms with Crippen LogP contribution in [0.15, 0.2) is 11.7 Å². The standard InChI is InChI=1S/C11H18O4/c1-3-8-9(10(12)13-2)15-11(14-8)6-4-5-7-11/h8,12H,3-7H2,1-2H3/t8-/m1/s1. The average molecular weight is 214 g/mol. The van der Waals surface area contributed by atoms with Gasteiger partial charge in [-0.2, -0.15) is 0 Å². The Bertz CT molecular complexity index is 266. The van der Waals surface area contributed by atoms with Crippen molar-refractivity contribution >= 4 is 0 Å². The summed E-state index contributed by atoms with van der Waals surface area (Å²) in [7, 11) is 1.43. The van der Waals surface area contributed by atoms with Crippen molar-refractivity contribution in [2.45, 2.75) is 50.9 Å². The number of hydrogen-bond donors (Lipinski definition) is 1. The van der Waals surface area contributed by atoms with Crippen LogP contribution in [0.5, 0.6) is 0 Å². The Kier molecular flexibility index (Phi) is 2.78. The summed E-state index contributed by atoms with van der Waals surface area (Å²) < 4.78 is 16.4. The van der Waals surface area contributed by atoms with Crippen LogP contribution < -0.4 is 0 Å². The van der Waals surface area contributed by atoms with Gasteiger partial charge in [0.25, 0.3) is 0 Å². The molecule has 0 radical (unpaired) electrons. The van der Waals surface area contributed by atoms with Crippen molar-refractivity contribution in [1.82, 2.24) is 0 Å². The lowest BCUT2D eigenvalue weighted by Gasteiger charge is -2.21. The molecule has 0 aromatic rings. The van der Waals surface area contributed by atoms with E-state index < -0.39 is 5.79 Å². The third kappa shape index (κ3) is 1.78. The Morgan fingerprint density at radius 1 is 1.53 bits per heavy atom. The van der Waals surface area contributed by atoms with Gasteiger partial charge in [-0.15, -0.1) is 0 Å². The van der Waals surface area contributed by atoms with E-state index in [1.54, 1.807) is 0 Å². The molecule has 4 heteroatoms. The summed E-state index contributed by atoms with van der Waals surface area (Å²) >= 11 is 0. The lowest BCUT2D eigenvalue weighted by atomic mass is 10.2. The van der Waals surface area contributed by atoms with Crippen molar-refractivity contribution in [1.29, 1.82) is 0 Å². The van der Waals surface area contributed by atoms with Crippen LogP contribution in [0.1, 0.15) is 39.0 Å². The maximum Gasteiger partial charge on any atom is 0.319 e. The molecule has 0 aromatic heterocycles. The highest BCUT2D eigenvalue weighted by Gasteiger charge is 2.48. The molecular formula is C11H18O4. The van der Waals surface area contributed by atoms with Crippen LogP contribution in [0.25, 0.3) is 0 Å². The van der Waals surface area contributed by atoms with E-state index in [1.807, 2.05) is 6.92 Å². The normalized spacial score (nSPS) is 31.7. The van der Waals surface area contributed by atoms with E-state index in [9.17, 15) is 5.11 Å². The second kappa shape index (κ2) is 3.93. The smallest absolute Gasteiger partial charge is 0.319 e. The van der Waals surface area contributed by atoms with E-state index in [0.29, 0.717) is 5.76 Å². The van der Waals surface area contributed by atoms with Gasteiger partial charge in [0.15, 0.2) is 0 Å². The summed E-state index contributed by atoms with van der Waals surface area (Å²) in [6.07, 6.45) is 4.68. The fourth-order valence-corrected chi connectivity index (χ4v) is 2.29. The summed E-state index contributed by atoms with van der Waals surface area (Å²) in [6, 6.07) is 0. The third-order valence-corrected chi connectivity index (χ3v) is 3.09. The molecule has 1 atom stereocenters. The zero-order valence-corrected chi connectivity index (χ0v) is 9.28. The highest BCUT2D eigenvalue weighted by atomic mass is 16.8. The quantitative estimate of drug-likeness (QED) is 0.717. The minimum absolute atomic E-state index is 0.148. The Morgan fingerprint density at radius 2 is 2.20 bits per heavy atom. The third-order valence-electron chi connectivity index (χ3n) is 3.09. The summed E-state index contributed by atoms with van der Waals surface area (Å²) in [5.74, 6) is -0.171. The van der Waals surface area contributed by atoms with Gasteiger partial charge >= 0.3 is 5.95 Å². The average Bonchev–Trinajstić information content (AvgIpc) is 2.85. The van der Waals surface area contributed by atoms with E-state index in [4.69, 9.17) is 14.2 Å². The molecule has 0 bridgehead atoms. The first-order valence-corrected chi connectivity index (χ1v) is 5.55. The van der Waals surface area contributed by atoms with Gasteiger partial charge in [-0.25, -0.2) is 0 Å². The number of rotatable bonds is 2. The molecule has 1 spiro atoms. The van der Waals surface area contributed by atoms with Crippen molar-refractivity contribution in [3.8, 4) is 0 Å². The van der Waals surface area contributed by atoms with Crippen molar-refractivity contribution in [3.63, 3.8) is 0 Å². The maximum atomic E-state index is 9.56. The maximum absolute atomic E-state index is 9.56. The lowest BCUT2D eigenvalue weighted by Crippen LogP contribution is -2.26. The molecule has 86 valence electrons. The molecule has 1 N–H and O–H groups in total. The molecule has 1 saturated heterocycles. The fourth-order valence-electron chi connectivity index (χ4n) is 2.29. The fraction of sp³-hybridized carbons (Fsp3) is 0.818. The van der Waals surface area contributed by atoms with Gasteiger partial charge in [0.1, 0.15) is 6.10 Å². The molecule has 2 fully saturated rings. The van der Waals surface area contributed by atoms with Crippen LogP contribution in [-0.4, -0.2) is 24.1 Å². The minimum atomic E-state index is -0.484. The van der Waals surface area contributed by atoms with Crippen LogP contribution in [-0.2, 0) is 14.2 Å². The number of methoxy groups -OCH3 is 1. The number of hydrogen-bond acceptors (Lipinski definition) is 4. The zero-order valence-electron chi connectivity index (χ0n) is 9.28. The predicted octanol–water partition coefficient (Wildman–Crippen LogP) is 2.46. The second-order valence-electron chi connectivity index (χ2n) is 4.11. The van der Waals surface area contributed by atoms with Crippen LogP contribution in [0.2, 0.25) is 0 Å². The van der Waals surface area contributed by atoms with Crippen molar-refractivity contribution in [2.75, 3.05) is 7.11 Å². The first kappa shape index (κ1) is 10.6. The van der Waals surface area contributed by atoms with E-state index >= 15 is 0 Å². The van der Waals surface area contributed by atoms with E-state index in [1.165, 1.54) is 7.11 Å². The van der Waals surface area contributed by atoms with Crippen molar-refractivity contribution in [3.05, 3.63) is 11.7 Å². The molecule has 1 heterocycles. The van der Waals surface area contributed by atoms with E-state index in [2.05, 4.69) is 0 Å². The molecule has 0 amide bonds. The Hall–Kier alpha value is -0.900. The molecule has 0 aromatic carbocycles. The lowest BCUT2D eigenvalue weighted by molar-refractivity contribution is -0.157. The molecule has 1 aliphatic heterocycles. The number of aliphatic hydroxyl groups excluding tert-OH is 1. The Balaban J connectivity index is 2.20. The van der Waals surface area contributed by atoms with Gasteiger partial charge in [-0.3, -0.25) is 0 Å². The van der Waals surface area contributed by atoms with Crippen LogP contribution in [0, 0.1) is 0 Å². The summed E-state index contributed by atoms with van der Waals surface area (Å²) in [4.78, 5) is 0. The van der Waals surface area contributed by atoms with Gasteiger partial charge in [0.05, 0.1) is 7.11 Å². The molecule has 2 aliphatic rings. The Labute approximate surface area is 89.8 Å². The highest BCUT2D eigenvalue weighted by molar-refractivity contribution is 5.08. The minimum Gasteiger partial charge on any atom is -0.478 e. The van der Waals surface area contributed by atoms with Crippen LogP contribution in [0.3, 0.4) is 0 Å². The summed E-state index contributed by atoms with van der Waals surface area (Å²) in [5.41, 5.74) is 0. The molecule has 4 nitrogen and oxygen atoms in total. The molecule has 1 aliphatic carbocycles. The largest absolute Gasteiger partial charge is 0.478 e. The zero-order chi connectivity index (χ0) is 10.9. The summed E-state index contributed by atoms with van der Waals surface area (Å²) in [6.45, 7) is 2.00. The first-order chi connectivity index (χ1) is 7.21. The monoisotopic (exact) mass is 214 g/mol. The number of ether oxygens (including phenoxy) is 3. The Morgan fingerprint density at radius 3 is 2.73 bits per heavy atom. The summed E-state index contributed by atoms with van der Waals surface area (Å²) in [5, 5.41) is 9.56. The second-order valence-corrected chi connectivity index (χ2v) is 4.11.